The molecule has 1 aromatic heterocycles. The number of rotatable bonds is 3. The van der Waals surface area contributed by atoms with E-state index >= 15 is 0 Å². The number of aryl methyl sites for hydroxylation is 1. The third-order valence-corrected chi connectivity index (χ3v) is 4.13. The molecule has 2 rings (SSSR count). The third-order valence-electron chi connectivity index (χ3n) is 3.11. The number of carboxylic acids is 1. The molecule has 0 saturated carbocycles. The lowest BCUT2D eigenvalue weighted by Crippen LogP contribution is -2.34. The van der Waals surface area contributed by atoms with Crippen LogP contribution in [0.3, 0.4) is 0 Å². The number of thiazole rings is 1. The molecule has 1 N–H and O–H groups in total. The van der Waals surface area contributed by atoms with Gasteiger partial charge < -0.3 is 5.11 Å². The number of nitrogens with zero attached hydrogens (tertiary/aromatic N) is 2. The fourth-order valence-electron chi connectivity index (χ4n) is 2.27. The number of likely N-dealkylation sites (tertiary alicyclic amines) is 1. The third kappa shape index (κ3) is 3.04. The normalized spacial score (nSPS) is 19.8. The van der Waals surface area contributed by atoms with Crippen molar-refractivity contribution >= 4 is 17.3 Å². The van der Waals surface area contributed by atoms with E-state index in [0.717, 1.165) is 36.6 Å². The van der Waals surface area contributed by atoms with Gasteiger partial charge in [-0.05, 0) is 32.9 Å². The van der Waals surface area contributed by atoms with Gasteiger partial charge in [-0.2, -0.15) is 0 Å². The van der Waals surface area contributed by atoms with Crippen LogP contribution in [0, 0.1) is 6.92 Å². The first kappa shape index (κ1) is 12.5. The highest BCUT2D eigenvalue weighted by Crippen LogP contribution is 2.26. The van der Waals surface area contributed by atoms with E-state index in [4.69, 9.17) is 0 Å². The molecule has 1 aromatic rings. The van der Waals surface area contributed by atoms with Gasteiger partial charge >= 0.3 is 5.97 Å². The minimum Gasteiger partial charge on any atom is -0.480 e. The van der Waals surface area contributed by atoms with Crippen LogP contribution in [0.5, 0.6) is 0 Å². The van der Waals surface area contributed by atoms with Crippen LogP contribution < -0.4 is 0 Å². The summed E-state index contributed by atoms with van der Waals surface area (Å²) in [5.41, 5.74) is 0.908. The van der Waals surface area contributed by atoms with Crippen LogP contribution >= 0.6 is 11.3 Å². The maximum atomic E-state index is 11.4. The second-order valence-corrected chi connectivity index (χ2v) is 5.41. The van der Waals surface area contributed by atoms with Crippen molar-refractivity contribution in [2.45, 2.75) is 38.6 Å². The van der Waals surface area contributed by atoms with Gasteiger partial charge in [-0.3, -0.25) is 9.69 Å². The lowest BCUT2D eigenvalue weighted by atomic mass is 10.2. The number of aromatic nitrogens is 1. The second-order valence-electron chi connectivity index (χ2n) is 4.52. The molecule has 0 radical (unpaired) electrons. The van der Waals surface area contributed by atoms with Gasteiger partial charge in [0, 0.05) is 11.1 Å². The zero-order chi connectivity index (χ0) is 12.3. The lowest BCUT2D eigenvalue weighted by molar-refractivity contribution is -0.143. The number of carbonyl (C=O) groups is 1. The van der Waals surface area contributed by atoms with Crippen LogP contribution in [-0.4, -0.2) is 34.0 Å². The first-order chi connectivity index (χ1) is 8.18. The van der Waals surface area contributed by atoms with E-state index in [2.05, 4.69) is 9.88 Å². The van der Waals surface area contributed by atoms with E-state index in [1.807, 2.05) is 12.3 Å². The van der Waals surface area contributed by atoms with Crippen LogP contribution in [0.2, 0.25) is 0 Å². The van der Waals surface area contributed by atoms with Gasteiger partial charge in [0.1, 0.15) is 5.01 Å². The van der Waals surface area contributed by atoms with Gasteiger partial charge in [0.25, 0.3) is 0 Å². The Hall–Kier alpha value is -0.940. The summed E-state index contributed by atoms with van der Waals surface area (Å²) >= 11 is 1.45. The van der Waals surface area contributed by atoms with Crippen LogP contribution in [0.4, 0.5) is 0 Å². The Labute approximate surface area is 105 Å². The molecule has 0 aromatic carbocycles. The fraction of sp³-hybridized carbons (Fsp3) is 0.667. The predicted octanol–water partition coefficient (Wildman–Crippen LogP) is 2.45. The van der Waals surface area contributed by atoms with Gasteiger partial charge in [0.05, 0.1) is 0 Å². The molecule has 0 aliphatic carbocycles. The fourth-order valence-corrected chi connectivity index (χ4v) is 3.19. The number of carboxylic acid groups (broad SMARTS) is 1. The van der Waals surface area contributed by atoms with Crippen molar-refractivity contribution in [1.82, 2.24) is 9.88 Å². The minimum absolute atomic E-state index is 0.549. The summed E-state index contributed by atoms with van der Waals surface area (Å²) in [5, 5.41) is 12.0. The number of hydrogen-bond donors (Lipinski definition) is 1. The highest BCUT2D eigenvalue weighted by atomic mass is 32.1. The zero-order valence-corrected chi connectivity index (χ0v) is 10.9. The Morgan fingerprint density at radius 1 is 1.41 bits per heavy atom. The summed E-state index contributed by atoms with van der Waals surface area (Å²) in [7, 11) is 0. The maximum absolute atomic E-state index is 11.4. The Morgan fingerprint density at radius 2 is 2.06 bits per heavy atom. The van der Waals surface area contributed by atoms with Gasteiger partial charge in [0.2, 0.25) is 0 Å². The summed E-state index contributed by atoms with van der Waals surface area (Å²) < 4.78 is 0. The van der Waals surface area contributed by atoms with Crippen LogP contribution in [0.1, 0.15) is 42.4 Å². The monoisotopic (exact) mass is 254 g/mol. The van der Waals surface area contributed by atoms with Crippen molar-refractivity contribution < 1.29 is 9.90 Å². The maximum Gasteiger partial charge on any atom is 0.328 e. The molecule has 4 nitrogen and oxygen atoms in total. The predicted molar refractivity (Wildman–Crippen MR) is 67.3 cm³/mol. The molecule has 1 unspecified atom stereocenters. The van der Waals surface area contributed by atoms with E-state index < -0.39 is 12.0 Å². The van der Waals surface area contributed by atoms with Crippen molar-refractivity contribution in [3.05, 3.63) is 16.1 Å². The van der Waals surface area contributed by atoms with Crippen LogP contribution in [-0.2, 0) is 4.79 Å². The quantitative estimate of drug-likeness (QED) is 0.900. The van der Waals surface area contributed by atoms with Crippen molar-refractivity contribution in [2.75, 3.05) is 13.1 Å². The first-order valence-electron chi connectivity index (χ1n) is 6.07. The number of hydrogen-bond acceptors (Lipinski definition) is 4. The Bertz CT molecular complexity index is 384. The highest BCUT2D eigenvalue weighted by Gasteiger charge is 2.30. The van der Waals surface area contributed by atoms with E-state index in [0.29, 0.717) is 0 Å². The average Bonchev–Trinajstić information content (AvgIpc) is 2.53. The summed E-state index contributed by atoms with van der Waals surface area (Å²) in [6.07, 6.45) is 4.60. The van der Waals surface area contributed by atoms with Crippen molar-refractivity contribution in [1.29, 1.82) is 0 Å². The molecular weight excluding hydrogens is 236 g/mol. The molecule has 1 aliphatic rings. The van der Waals surface area contributed by atoms with E-state index in [9.17, 15) is 9.90 Å². The first-order valence-corrected chi connectivity index (χ1v) is 6.95. The zero-order valence-electron chi connectivity index (χ0n) is 10.1. The average molecular weight is 254 g/mol. The highest BCUT2D eigenvalue weighted by molar-refractivity contribution is 7.09. The molecular formula is C12H18N2O2S. The molecule has 1 saturated heterocycles. The molecule has 0 bridgehead atoms. The Morgan fingerprint density at radius 3 is 2.53 bits per heavy atom. The molecule has 1 aliphatic heterocycles. The van der Waals surface area contributed by atoms with Gasteiger partial charge in [-0.25, -0.2) is 4.98 Å². The molecule has 0 amide bonds. The summed E-state index contributed by atoms with van der Waals surface area (Å²) in [6, 6.07) is -0.549. The van der Waals surface area contributed by atoms with E-state index in [1.54, 1.807) is 0 Å². The topological polar surface area (TPSA) is 53.4 Å². The molecule has 1 fully saturated rings. The summed E-state index contributed by atoms with van der Waals surface area (Å²) in [6.45, 7) is 3.65. The Kier molecular flexibility index (Phi) is 4.12. The van der Waals surface area contributed by atoms with Crippen LogP contribution in [0.25, 0.3) is 0 Å². The molecule has 5 heteroatoms. The van der Waals surface area contributed by atoms with Crippen LogP contribution in [0.15, 0.2) is 5.38 Å². The van der Waals surface area contributed by atoms with Gasteiger partial charge in [0.15, 0.2) is 6.04 Å². The lowest BCUT2D eigenvalue weighted by Gasteiger charge is -2.25. The van der Waals surface area contributed by atoms with Crippen molar-refractivity contribution in [2.24, 2.45) is 0 Å². The van der Waals surface area contributed by atoms with E-state index in [1.165, 1.54) is 24.2 Å². The smallest absolute Gasteiger partial charge is 0.328 e. The van der Waals surface area contributed by atoms with Crippen molar-refractivity contribution in [3.63, 3.8) is 0 Å². The van der Waals surface area contributed by atoms with Gasteiger partial charge in [-0.15, -0.1) is 11.3 Å². The molecule has 1 atom stereocenters. The largest absolute Gasteiger partial charge is 0.480 e. The van der Waals surface area contributed by atoms with Crippen molar-refractivity contribution in [3.8, 4) is 0 Å². The molecule has 17 heavy (non-hydrogen) atoms. The SMILES string of the molecule is Cc1csc(C(C(=O)O)N2CCCCCC2)n1. The molecule has 0 spiro atoms. The summed E-state index contributed by atoms with van der Waals surface area (Å²) in [5.74, 6) is -0.777. The van der Waals surface area contributed by atoms with Gasteiger partial charge in [-0.1, -0.05) is 12.8 Å². The Balaban J connectivity index is 2.18. The van der Waals surface area contributed by atoms with E-state index in [-0.39, 0.29) is 0 Å². The second kappa shape index (κ2) is 5.60. The molecule has 2 heterocycles. The minimum atomic E-state index is -0.777. The molecule has 94 valence electrons. The standard InChI is InChI=1S/C12H18N2O2S/c1-9-8-17-11(13-9)10(12(15)16)14-6-4-2-3-5-7-14/h8,10H,2-7H2,1H3,(H,15,16). The summed E-state index contributed by atoms with van der Waals surface area (Å²) in [4.78, 5) is 17.8. The number of aliphatic carboxylic acids is 1.